The fourth-order valence-electron chi connectivity index (χ4n) is 1.37. The predicted octanol–water partition coefficient (Wildman–Crippen LogP) is -2.09. The van der Waals surface area contributed by atoms with Crippen molar-refractivity contribution < 1.29 is 34.8 Å². The SMILES string of the molecule is CC(C)(CO)C(O)C(=O)NCOCNC(=O)C(O)C(C)(C)CO. The van der Waals surface area contributed by atoms with E-state index < -0.39 is 34.9 Å². The first kappa shape index (κ1) is 21.7. The van der Waals surface area contributed by atoms with E-state index in [0.717, 1.165) is 0 Å². The van der Waals surface area contributed by atoms with Crippen molar-refractivity contribution in [2.45, 2.75) is 39.9 Å². The van der Waals surface area contributed by atoms with Crippen molar-refractivity contribution in [3.63, 3.8) is 0 Å². The molecule has 2 amide bonds. The fraction of sp³-hybridized carbons (Fsp3) is 0.857. The lowest BCUT2D eigenvalue weighted by Gasteiger charge is -2.27. The Balaban J connectivity index is 4.07. The van der Waals surface area contributed by atoms with Gasteiger partial charge in [0.05, 0.1) is 13.2 Å². The third-order valence-corrected chi connectivity index (χ3v) is 3.49. The number of amides is 2. The van der Waals surface area contributed by atoms with Crippen molar-refractivity contribution in [1.82, 2.24) is 10.6 Å². The van der Waals surface area contributed by atoms with Crippen molar-refractivity contribution in [2.24, 2.45) is 10.8 Å². The topological polar surface area (TPSA) is 148 Å². The number of carbonyl (C=O) groups excluding carboxylic acids is 2. The van der Waals surface area contributed by atoms with Gasteiger partial charge in [0, 0.05) is 10.8 Å². The lowest BCUT2D eigenvalue weighted by Crippen LogP contribution is -2.47. The van der Waals surface area contributed by atoms with Crippen molar-refractivity contribution >= 4 is 11.8 Å². The molecule has 0 saturated carbocycles. The Hall–Kier alpha value is -1.26. The Kier molecular flexibility index (Phi) is 8.64. The van der Waals surface area contributed by atoms with Crippen molar-refractivity contribution in [2.75, 3.05) is 26.7 Å². The van der Waals surface area contributed by atoms with Crippen LogP contribution in [0.2, 0.25) is 0 Å². The van der Waals surface area contributed by atoms with Crippen molar-refractivity contribution in [3.8, 4) is 0 Å². The highest BCUT2D eigenvalue weighted by molar-refractivity contribution is 5.81. The molecule has 0 rings (SSSR count). The average molecular weight is 336 g/mol. The molecule has 0 heterocycles. The summed E-state index contributed by atoms with van der Waals surface area (Å²) in [5.41, 5.74) is -1.98. The minimum atomic E-state index is -1.40. The Labute approximate surface area is 135 Å². The monoisotopic (exact) mass is 336 g/mol. The first-order valence-electron chi connectivity index (χ1n) is 7.20. The zero-order chi connectivity index (χ0) is 18.3. The van der Waals surface area contributed by atoms with Crippen LogP contribution < -0.4 is 10.6 Å². The van der Waals surface area contributed by atoms with Crippen LogP contribution in [0.5, 0.6) is 0 Å². The summed E-state index contributed by atoms with van der Waals surface area (Å²) < 4.78 is 4.96. The summed E-state index contributed by atoms with van der Waals surface area (Å²) >= 11 is 0. The van der Waals surface area contributed by atoms with Crippen LogP contribution in [0.15, 0.2) is 0 Å². The van der Waals surface area contributed by atoms with Crippen LogP contribution in [0.1, 0.15) is 27.7 Å². The minimum absolute atomic E-state index is 0.267. The van der Waals surface area contributed by atoms with Gasteiger partial charge in [-0.05, 0) is 0 Å². The molecule has 6 N–H and O–H groups in total. The molecule has 0 spiro atoms. The molecule has 2 unspecified atom stereocenters. The summed E-state index contributed by atoms with van der Waals surface area (Å²) in [7, 11) is 0. The van der Waals surface area contributed by atoms with Crippen LogP contribution in [0, 0.1) is 10.8 Å². The van der Waals surface area contributed by atoms with Gasteiger partial charge in [0.15, 0.2) is 0 Å². The summed E-state index contributed by atoms with van der Waals surface area (Å²) in [6.45, 7) is 4.86. The average Bonchev–Trinajstić information content (AvgIpc) is 2.52. The zero-order valence-electron chi connectivity index (χ0n) is 14.0. The summed E-state index contributed by atoms with van der Waals surface area (Å²) in [4.78, 5) is 23.2. The first-order valence-corrected chi connectivity index (χ1v) is 7.20. The normalized spacial score (nSPS) is 15.0. The maximum Gasteiger partial charge on any atom is 0.251 e. The van der Waals surface area contributed by atoms with Crippen LogP contribution in [0.25, 0.3) is 0 Å². The van der Waals surface area contributed by atoms with Gasteiger partial charge in [-0.2, -0.15) is 0 Å². The number of ether oxygens (including phenoxy) is 1. The second-order valence-corrected chi connectivity index (χ2v) is 6.67. The van der Waals surface area contributed by atoms with E-state index in [0.29, 0.717) is 0 Å². The van der Waals surface area contributed by atoms with Gasteiger partial charge in [0.1, 0.15) is 25.7 Å². The molecule has 0 aromatic heterocycles. The molecular weight excluding hydrogens is 308 g/mol. The maximum absolute atomic E-state index is 11.6. The minimum Gasteiger partial charge on any atom is -0.396 e. The molecule has 0 bridgehead atoms. The molecule has 2 atom stereocenters. The van der Waals surface area contributed by atoms with Crippen LogP contribution in [0.3, 0.4) is 0 Å². The smallest absolute Gasteiger partial charge is 0.251 e. The molecule has 0 aromatic carbocycles. The molecule has 0 aliphatic carbocycles. The van der Waals surface area contributed by atoms with Gasteiger partial charge in [-0.1, -0.05) is 27.7 Å². The van der Waals surface area contributed by atoms with E-state index in [9.17, 15) is 19.8 Å². The predicted molar refractivity (Wildman–Crippen MR) is 80.9 cm³/mol. The van der Waals surface area contributed by atoms with Gasteiger partial charge in [0.25, 0.3) is 11.8 Å². The van der Waals surface area contributed by atoms with E-state index in [1.807, 2.05) is 0 Å². The van der Waals surface area contributed by atoms with E-state index >= 15 is 0 Å². The van der Waals surface area contributed by atoms with Gasteiger partial charge >= 0.3 is 0 Å². The highest BCUT2D eigenvalue weighted by Crippen LogP contribution is 2.20. The van der Waals surface area contributed by atoms with E-state index in [1.165, 1.54) is 27.7 Å². The second-order valence-electron chi connectivity index (χ2n) is 6.67. The lowest BCUT2D eigenvalue weighted by atomic mass is 9.87. The molecule has 0 aromatic rings. The third kappa shape index (κ3) is 6.80. The van der Waals surface area contributed by atoms with Gasteiger partial charge in [-0.3, -0.25) is 9.59 Å². The molecule has 0 saturated heterocycles. The van der Waals surface area contributed by atoms with Gasteiger partial charge in [-0.25, -0.2) is 0 Å². The lowest BCUT2D eigenvalue weighted by molar-refractivity contribution is -0.140. The molecule has 9 heteroatoms. The standard InChI is InChI=1S/C14H28N2O7/c1-13(2,5-17)9(19)11(21)15-7-23-8-16-12(22)10(20)14(3,4)6-18/h9-10,17-20H,5-8H2,1-4H3,(H,15,21)(H,16,22). The van der Waals surface area contributed by atoms with Crippen molar-refractivity contribution in [1.29, 1.82) is 0 Å². The van der Waals surface area contributed by atoms with E-state index in [2.05, 4.69) is 10.6 Å². The molecule has 23 heavy (non-hydrogen) atoms. The number of carbonyl (C=O) groups is 2. The van der Waals surface area contributed by atoms with Crippen LogP contribution >= 0.6 is 0 Å². The number of hydrogen-bond donors (Lipinski definition) is 6. The summed E-state index contributed by atoms with van der Waals surface area (Å²) in [6, 6.07) is 0. The van der Waals surface area contributed by atoms with Gasteiger partial charge in [-0.15, -0.1) is 0 Å². The molecule has 0 fully saturated rings. The Morgan fingerprint density at radius 3 is 1.43 bits per heavy atom. The Bertz CT molecular complexity index is 363. The van der Waals surface area contributed by atoms with E-state index in [-0.39, 0.29) is 26.7 Å². The van der Waals surface area contributed by atoms with Gasteiger partial charge < -0.3 is 35.8 Å². The summed E-state index contributed by atoms with van der Waals surface area (Å²) in [6.07, 6.45) is -2.81. The molecule has 9 nitrogen and oxygen atoms in total. The molecule has 0 aliphatic rings. The van der Waals surface area contributed by atoms with Crippen molar-refractivity contribution in [3.05, 3.63) is 0 Å². The van der Waals surface area contributed by atoms with Crippen LogP contribution in [-0.2, 0) is 14.3 Å². The fourth-order valence-corrected chi connectivity index (χ4v) is 1.37. The third-order valence-electron chi connectivity index (χ3n) is 3.49. The zero-order valence-corrected chi connectivity index (χ0v) is 14.0. The number of rotatable bonds is 10. The molecular formula is C14H28N2O7. The Morgan fingerprint density at radius 2 is 1.17 bits per heavy atom. The molecule has 0 aliphatic heterocycles. The van der Waals surface area contributed by atoms with E-state index in [1.54, 1.807) is 0 Å². The van der Waals surface area contributed by atoms with Crippen LogP contribution in [-0.4, -0.2) is 71.1 Å². The summed E-state index contributed by atoms with van der Waals surface area (Å²) in [5, 5.41) is 42.2. The summed E-state index contributed by atoms with van der Waals surface area (Å²) in [5.74, 6) is -1.42. The maximum atomic E-state index is 11.6. The number of aliphatic hydroxyl groups excluding tert-OH is 4. The van der Waals surface area contributed by atoms with E-state index in [4.69, 9.17) is 14.9 Å². The number of nitrogens with one attached hydrogen (secondary N) is 2. The molecule has 136 valence electrons. The number of hydrogen-bond acceptors (Lipinski definition) is 7. The highest BCUT2D eigenvalue weighted by Gasteiger charge is 2.33. The highest BCUT2D eigenvalue weighted by atomic mass is 16.5. The quantitative estimate of drug-likeness (QED) is 0.198. The first-order chi connectivity index (χ1) is 10.5. The largest absolute Gasteiger partial charge is 0.396 e. The molecule has 0 radical (unpaired) electrons. The number of aliphatic hydroxyl groups is 4. The second kappa shape index (κ2) is 9.14. The Morgan fingerprint density at radius 1 is 0.870 bits per heavy atom. The van der Waals surface area contributed by atoms with Crippen LogP contribution in [0.4, 0.5) is 0 Å². The van der Waals surface area contributed by atoms with Gasteiger partial charge in [0.2, 0.25) is 0 Å².